The SMILES string of the molecule is C1=CC2=CC=C1C2.CCOC(=O)C(=NN)C(=O)c1ccccc1. The number of rotatable bonds is 4. The highest BCUT2D eigenvalue weighted by molar-refractivity contribution is 6.67. The molecule has 5 heteroatoms. The molecule has 23 heavy (non-hydrogen) atoms. The lowest BCUT2D eigenvalue weighted by atomic mass is 10.1. The van der Waals surface area contributed by atoms with Crippen LogP contribution in [0.1, 0.15) is 23.7 Å². The van der Waals surface area contributed by atoms with Gasteiger partial charge in [-0.3, -0.25) is 4.79 Å². The minimum Gasteiger partial charge on any atom is -0.461 e. The lowest BCUT2D eigenvalue weighted by Crippen LogP contribution is -2.27. The predicted molar refractivity (Wildman–Crippen MR) is 89.0 cm³/mol. The van der Waals surface area contributed by atoms with Crippen molar-refractivity contribution in [3.63, 3.8) is 0 Å². The fraction of sp³-hybridized carbons (Fsp3) is 0.167. The number of esters is 1. The highest BCUT2D eigenvalue weighted by Crippen LogP contribution is 2.27. The molecule has 0 fully saturated rings. The Hall–Kier alpha value is -2.95. The Morgan fingerprint density at radius 2 is 1.74 bits per heavy atom. The summed E-state index contributed by atoms with van der Waals surface area (Å²) in [4.78, 5) is 23.1. The zero-order valence-corrected chi connectivity index (χ0v) is 12.9. The molecular weight excluding hydrogens is 292 g/mol. The molecule has 0 aliphatic heterocycles. The van der Waals surface area contributed by atoms with Gasteiger partial charge >= 0.3 is 5.97 Å². The molecule has 2 aliphatic rings. The number of hydrogen-bond donors (Lipinski definition) is 1. The van der Waals surface area contributed by atoms with Gasteiger partial charge in [0.15, 0.2) is 0 Å². The summed E-state index contributed by atoms with van der Waals surface area (Å²) in [5.41, 5.74) is 2.89. The van der Waals surface area contributed by atoms with Gasteiger partial charge in [-0.25, -0.2) is 4.79 Å². The van der Waals surface area contributed by atoms with Gasteiger partial charge in [0.25, 0.3) is 0 Å². The first-order valence-corrected chi connectivity index (χ1v) is 7.28. The van der Waals surface area contributed by atoms with Crippen LogP contribution in [0.15, 0.2) is 70.9 Å². The van der Waals surface area contributed by atoms with Crippen LogP contribution in [0.5, 0.6) is 0 Å². The summed E-state index contributed by atoms with van der Waals surface area (Å²) in [6.07, 6.45) is 9.90. The molecule has 0 aromatic heterocycles. The topological polar surface area (TPSA) is 81.8 Å². The van der Waals surface area contributed by atoms with Crippen LogP contribution < -0.4 is 5.84 Å². The monoisotopic (exact) mass is 310 g/mol. The Balaban J connectivity index is 0.000000223. The van der Waals surface area contributed by atoms with Crippen molar-refractivity contribution >= 4 is 17.5 Å². The Kier molecular flexibility index (Phi) is 5.63. The molecule has 118 valence electrons. The Bertz CT molecular complexity index is 693. The van der Waals surface area contributed by atoms with E-state index in [1.54, 1.807) is 37.3 Å². The van der Waals surface area contributed by atoms with Crippen LogP contribution in [-0.2, 0) is 9.53 Å². The van der Waals surface area contributed by atoms with Gasteiger partial charge in [-0.1, -0.05) is 54.6 Å². The molecule has 3 rings (SSSR count). The molecule has 0 saturated carbocycles. The van der Waals surface area contributed by atoms with Gasteiger partial charge in [0.05, 0.1) is 6.61 Å². The van der Waals surface area contributed by atoms with E-state index in [9.17, 15) is 9.59 Å². The number of nitrogens with zero attached hydrogens (tertiary/aromatic N) is 1. The summed E-state index contributed by atoms with van der Waals surface area (Å²) in [7, 11) is 0. The third-order valence-corrected chi connectivity index (χ3v) is 3.28. The predicted octanol–water partition coefficient (Wildman–Crippen LogP) is 2.56. The minimum absolute atomic E-state index is 0.167. The van der Waals surface area contributed by atoms with Crippen LogP contribution in [0.2, 0.25) is 0 Å². The molecule has 0 saturated heterocycles. The second kappa shape index (κ2) is 7.89. The van der Waals surface area contributed by atoms with Crippen LogP contribution in [0.3, 0.4) is 0 Å². The van der Waals surface area contributed by atoms with E-state index in [-0.39, 0.29) is 6.61 Å². The molecule has 2 aliphatic carbocycles. The van der Waals surface area contributed by atoms with Crippen LogP contribution in [0.25, 0.3) is 0 Å². The number of fused-ring (bicyclic) bond motifs is 2. The van der Waals surface area contributed by atoms with Gasteiger partial charge in [0.2, 0.25) is 11.5 Å². The maximum atomic E-state index is 11.8. The molecule has 2 bridgehead atoms. The number of ether oxygens (including phenoxy) is 1. The molecule has 1 aromatic carbocycles. The normalized spacial score (nSPS) is 14.6. The maximum Gasteiger partial charge on any atom is 0.362 e. The van der Waals surface area contributed by atoms with Crippen molar-refractivity contribution in [3.8, 4) is 0 Å². The first-order chi connectivity index (χ1) is 11.2. The summed E-state index contributed by atoms with van der Waals surface area (Å²) in [5, 5.41) is 3.18. The van der Waals surface area contributed by atoms with Gasteiger partial charge in [0, 0.05) is 5.56 Å². The van der Waals surface area contributed by atoms with E-state index in [0.717, 1.165) is 0 Å². The molecule has 0 radical (unpaired) electrons. The third-order valence-electron chi connectivity index (χ3n) is 3.28. The van der Waals surface area contributed by atoms with E-state index in [2.05, 4.69) is 34.1 Å². The summed E-state index contributed by atoms with van der Waals surface area (Å²) in [6, 6.07) is 8.29. The van der Waals surface area contributed by atoms with Gasteiger partial charge in [-0.2, -0.15) is 5.10 Å². The van der Waals surface area contributed by atoms with Crippen LogP contribution in [-0.4, -0.2) is 24.1 Å². The number of Topliss-reactive ketones (excluding diaryl/α,β-unsaturated/α-hetero) is 1. The van der Waals surface area contributed by atoms with E-state index in [1.165, 1.54) is 17.6 Å². The average Bonchev–Trinajstić information content (AvgIpc) is 3.23. The number of hydrazone groups is 1. The second-order valence-electron chi connectivity index (χ2n) is 4.89. The third kappa shape index (κ3) is 4.26. The molecular formula is C18H18N2O3. The number of carbonyl (C=O) groups excluding carboxylic acids is 2. The standard InChI is InChI=1S/C11H12N2O3.C7H6/c1-2-16-11(15)9(13-12)10(14)8-6-4-3-5-7-8;1-2-7-4-3-6(1)5-7/h3-7H,2,12H2,1H3;1-4H,5H2. The van der Waals surface area contributed by atoms with Crippen LogP contribution in [0, 0.1) is 0 Å². The van der Waals surface area contributed by atoms with Gasteiger partial charge in [-0.05, 0) is 24.5 Å². The Morgan fingerprint density at radius 3 is 2.13 bits per heavy atom. The van der Waals surface area contributed by atoms with Crippen molar-refractivity contribution < 1.29 is 14.3 Å². The molecule has 0 heterocycles. The molecule has 0 atom stereocenters. The smallest absolute Gasteiger partial charge is 0.362 e. The zero-order chi connectivity index (χ0) is 16.7. The second-order valence-corrected chi connectivity index (χ2v) is 4.89. The van der Waals surface area contributed by atoms with Crippen LogP contribution in [0.4, 0.5) is 0 Å². The van der Waals surface area contributed by atoms with Crippen LogP contribution >= 0.6 is 0 Å². The molecule has 0 spiro atoms. The number of carbonyl (C=O) groups is 2. The van der Waals surface area contributed by atoms with Crippen molar-refractivity contribution in [1.82, 2.24) is 0 Å². The summed E-state index contributed by atoms with van der Waals surface area (Å²) in [5.74, 6) is 3.66. The highest BCUT2D eigenvalue weighted by atomic mass is 16.5. The number of allylic oxidation sites excluding steroid dienone is 6. The molecule has 5 nitrogen and oxygen atoms in total. The van der Waals surface area contributed by atoms with Gasteiger partial charge in [0.1, 0.15) is 0 Å². The Morgan fingerprint density at radius 1 is 1.13 bits per heavy atom. The fourth-order valence-electron chi connectivity index (χ4n) is 2.14. The number of hydrogen-bond acceptors (Lipinski definition) is 5. The number of ketones is 1. The van der Waals surface area contributed by atoms with Gasteiger partial charge in [-0.15, -0.1) is 0 Å². The number of benzene rings is 1. The average molecular weight is 310 g/mol. The summed E-state index contributed by atoms with van der Waals surface area (Å²) < 4.78 is 4.67. The van der Waals surface area contributed by atoms with E-state index in [0.29, 0.717) is 5.56 Å². The summed E-state index contributed by atoms with van der Waals surface area (Å²) in [6.45, 7) is 1.80. The molecule has 2 N–H and O–H groups in total. The van der Waals surface area contributed by atoms with E-state index in [4.69, 9.17) is 5.84 Å². The highest BCUT2D eigenvalue weighted by Gasteiger charge is 2.22. The first kappa shape index (κ1) is 16.4. The minimum atomic E-state index is -0.807. The fourth-order valence-corrected chi connectivity index (χ4v) is 2.14. The lowest BCUT2D eigenvalue weighted by Gasteiger charge is -2.03. The van der Waals surface area contributed by atoms with Gasteiger partial charge < -0.3 is 10.6 Å². The molecule has 1 aromatic rings. The summed E-state index contributed by atoms with van der Waals surface area (Å²) >= 11 is 0. The largest absolute Gasteiger partial charge is 0.461 e. The van der Waals surface area contributed by atoms with E-state index >= 15 is 0 Å². The number of nitrogens with two attached hydrogens (primary N) is 1. The van der Waals surface area contributed by atoms with Crippen molar-refractivity contribution in [2.24, 2.45) is 10.9 Å². The quantitative estimate of drug-likeness (QED) is 0.231. The van der Waals surface area contributed by atoms with Crippen molar-refractivity contribution in [3.05, 3.63) is 71.3 Å². The first-order valence-electron chi connectivity index (χ1n) is 7.28. The van der Waals surface area contributed by atoms with E-state index in [1.807, 2.05) is 0 Å². The maximum absolute atomic E-state index is 11.8. The lowest BCUT2D eigenvalue weighted by molar-refractivity contribution is -0.134. The van der Waals surface area contributed by atoms with Crippen molar-refractivity contribution in [2.45, 2.75) is 13.3 Å². The molecule has 0 amide bonds. The Labute approximate surface area is 134 Å². The zero-order valence-electron chi connectivity index (χ0n) is 12.9. The van der Waals surface area contributed by atoms with Crippen molar-refractivity contribution in [2.75, 3.05) is 6.61 Å². The van der Waals surface area contributed by atoms with Crippen molar-refractivity contribution in [1.29, 1.82) is 0 Å². The van der Waals surface area contributed by atoms with E-state index < -0.39 is 17.5 Å². The molecule has 0 unspecified atom stereocenters.